The molecule has 0 saturated heterocycles. The van der Waals surface area contributed by atoms with E-state index in [1.165, 1.54) is 12.1 Å². The second-order valence-corrected chi connectivity index (χ2v) is 7.49. The molecule has 1 aliphatic heterocycles. The number of ketones is 1. The average molecular weight is 419 g/mol. The maximum absolute atomic E-state index is 14.7. The van der Waals surface area contributed by atoms with Gasteiger partial charge in [0.1, 0.15) is 24.9 Å². The molecule has 2 aromatic rings. The Morgan fingerprint density at radius 1 is 1.44 bits per heavy atom. The molecule has 2 heterocycles. The second-order valence-electron chi connectivity index (χ2n) is 6.16. The van der Waals surface area contributed by atoms with Crippen molar-refractivity contribution in [2.75, 3.05) is 13.2 Å². The Kier molecular flexibility index (Phi) is 5.24. The van der Waals surface area contributed by atoms with Crippen molar-refractivity contribution in [3.63, 3.8) is 0 Å². The number of hydrogen-bond donors (Lipinski definition) is 1. The number of rotatable bonds is 4. The normalized spacial score (nSPS) is 22.2. The Morgan fingerprint density at radius 3 is 2.85 bits per heavy atom. The molecule has 1 aromatic carbocycles. The zero-order valence-electron chi connectivity index (χ0n) is 14.0. The number of carbonyl (C=O) groups is 1. The predicted molar refractivity (Wildman–Crippen MR) is 94.1 cm³/mol. The summed E-state index contributed by atoms with van der Waals surface area (Å²) in [5.74, 6) is -5.13. The smallest absolute Gasteiger partial charge is 0.299 e. The van der Waals surface area contributed by atoms with Crippen LogP contribution in [-0.4, -0.2) is 40.1 Å². The van der Waals surface area contributed by atoms with Crippen molar-refractivity contribution in [2.45, 2.75) is 24.8 Å². The molecule has 3 rings (SSSR count). The lowest BCUT2D eigenvalue weighted by Gasteiger charge is -2.33. The van der Waals surface area contributed by atoms with Gasteiger partial charge in [-0.2, -0.15) is 4.37 Å². The van der Waals surface area contributed by atoms with E-state index in [1.54, 1.807) is 0 Å². The van der Waals surface area contributed by atoms with Gasteiger partial charge in [-0.05, 0) is 47.8 Å². The lowest BCUT2D eigenvalue weighted by molar-refractivity contribution is -0.116. The van der Waals surface area contributed by atoms with Crippen LogP contribution in [0.2, 0.25) is 4.47 Å². The first-order valence-electron chi connectivity index (χ1n) is 7.73. The topological polar surface area (TPSA) is 90.5 Å². The third kappa shape index (κ3) is 3.83. The summed E-state index contributed by atoms with van der Waals surface area (Å²) >= 11 is 6.51. The van der Waals surface area contributed by atoms with Gasteiger partial charge in [0.05, 0.1) is 0 Å². The van der Waals surface area contributed by atoms with Crippen molar-refractivity contribution in [3.05, 3.63) is 45.4 Å². The van der Waals surface area contributed by atoms with Gasteiger partial charge in [0.2, 0.25) is 16.1 Å². The highest BCUT2D eigenvalue weighted by atomic mass is 35.5. The van der Waals surface area contributed by atoms with Gasteiger partial charge < -0.3 is 10.5 Å². The Bertz CT molecular complexity index is 921. The van der Waals surface area contributed by atoms with E-state index in [1.807, 2.05) is 0 Å². The monoisotopic (exact) mass is 418 g/mol. The fourth-order valence-electron chi connectivity index (χ4n) is 2.72. The molecule has 0 fully saturated rings. The molecule has 0 saturated carbocycles. The Morgan fingerprint density at radius 2 is 2.19 bits per heavy atom. The molecule has 0 unspecified atom stereocenters. The first kappa shape index (κ1) is 19.7. The molecule has 144 valence electrons. The van der Waals surface area contributed by atoms with Gasteiger partial charge in [0.15, 0.2) is 5.54 Å². The van der Waals surface area contributed by atoms with E-state index in [-0.39, 0.29) is 34.7 Å². The SMILES string of the molecule is C[C@]1(c2cc(CC(=O)c3nsc(Cl)n3)ccc2F)N=C(N)COCC1(F)F. The third-order valence-corrected chi connectivity index (χ3v) is 4.98. The molecule has 1 atom stereocenters. The van der Waals surface area contributed by atoms with Crippen molar-refractivity contribution in [1.82, 2.24) is 9.36 Å². The van der Waals surface area contributed by atoms with Crippen LogP contribution in [0.15, 0.2) is 23.2 Å². The van der Waals surface area contributed by atoms with Crippen LogP contribution in [-0.2, 0) is 16.7 Å². The molecule has 1 aromatic heterocycles. The van der Waals surface area contributed by atoms with Gasteiger partial charge in [-0.15, -0.1) is 0 Å². The first-order chi connectivity index (χ1) is 12.6. The minimum Gasteiger partial charge on any atom is -0.385 e. The number of aromatic nitrogens is 2. The van der Waals surface area contributed by atoms with E-state index in [9.17, 15) is 18.0 Å². The van der Waals surface area contributed by atoms with E-state index < -0.39 is 29.7 Å². The van der Waals surface area contributed by atoms with Crippen LogP contribution < -0.4 is 5.73 Å². The van der Waals surface area contributed by atoms with Crippen LogP contribution in [0.25, 0.3) is 0 Å². The molecular weight excluding hydrogens is 405 g/mol. The van der Waals surface area contributed by atoms with Crippen molar-refractivity contribution in [2.24, 2.45) is 10.7 Å². The predicted octanol–water partition coefficient (Wildman–Crippen LogP) is 2.99. The molecule has 11 heteroatoms. The molecule has 0 amide bonds. The minimum atomic E-state index is -3.51. The quantitative estimate of drug-likeness (QED) is 0.771. The van der Waals surface area contributed by atoms with Crippen LogP contribution in [0.3, 0.4) is 0 Å². The van der Waals surface area contributed by atoms with E-state index in [2.05, 4.69) is 14.3 Å². The van der Waals surface area contributed by atoms with Crippen LogP contribution in [0.1, 0.15) is 28.7 Å². The summed E-state index contributed by atoms with van der Waals surface area (Å²) in [5.41, 5.74) is 3.25. The molecule has 2 N–H and O–H groups in total. The van der Waals surface area contributed by atoms with E-state index >= 15 is 0 Å². The molecule has 0 radical (unpaired) electrons. The molecule has 0 aliphatic carbocycles. The van der Waals surface area contributed by atoms with Gasteiger partial charge in [-0.3, -0.25) is 9.79 Å². The summed E-state index contributed by atoms with van der Waals surface area (Å²) in [5, 5.41) is 0. The molecule has 6 nitrogen and oxygen atoms in total. The molecule has 0 spiro atoms. The van der Waals surface area contributed by atoms with E-state index in [0.29, 0.717) is 5.56 Å². The molecule has 1 aliphatic rings. The van der Waals surface area contributed by atoms with E-state index in [4.69, 9.17) is 22.1 Å². The number of amidine groups is 1. The largest absolute Gasteiger partial charge is 0.385 e. The van der Waals surface area contributed by atoms with E-state index in [0.717, 1.165) is 24.5 Å². The number of Topliss-reactive ketones (excluding diaryl/α,β-unsaturated/α-hetero) is 1. The van der Waals surface area contributed by atoms with Gasteiger partial charge in [0.25, 0.3) is 5.92 Å². The Balaban J connectivity index is 1.99. The second kappa shape index (κ2) is 7.17. The summed E-state index contributed by atoms with van der Waals surface area (Å²) in [4.78, 5) is 19.8. The highest BCUT2D eigenvalue weighted by Crippen LogP contribution is 2.43. The summed E-state index contributed by atoms with van der Waals surface area (Å²) in [6.45, 7) is -0.154. The number of benzene rings is 1. The van der Waals surface area contributed by atoms with Gasteiger partial charge >= 0.3 is 0 Å². The van der Waals surface area contributed by atoms with Crippen LogP contribution in [0.4, 0.5) is 13.2 Å². The van der Waals surface area contributed by atoms with Gasteiger partial charge in [-0.25, -0.2) is 18.2 Å². The molecule has 0 bridgehead atoms. The van der Waals surface area contributed by atoms with Crippen molar-refractivity contribution in [3.8, 4) is 0 Å². The maximum Gasteiger partial charge on any atom is 0.299 e. The van der Waals surface area contributed by atoms with Crippen molar-refractivity contribution < 1.29 is 22.7 Å². The average Bonchev–Trinajstić information content (AvgIpc) is 2.98. The Labute approximate surface area is 161 Å². The third-order valence-electron chi connectivity index (χ3n) is 4.18. The van der Waals surface area contributed by atoms with Gasteiger partial charge in [-0.1, -0.05) is 6.07 Å². The number of halogens is 4. The zero-order valence-corrected chi connectivity index (χ0v) is 15.6. The Hall–Kier alpha value is -2.04. The lowest BCUT2D eigenvalue weighted by atomic mass is 9.84. The highest BCUT2D eigenvalue weighted by Gasteiger charge is 2.54. The summed E-state index contributed by atoms with van der Waals surface area (Å²) in [7, 11) is 0. The number of nitrogens with two attached hydrogens (primary N) is 1. The van der Waals surface area contributed by atoms with Crippen LogP contribution in [0.5, 0.6) is 0 Å². The number of hydrogen-bond acceptors (Lipinski definition) is 7. The molecular formula is C16H14ClF3N4O2S. The zero-order chi connectivity index (χ0) is 19.8. The number of nitrogens with zero attached hydrogens (tertiary/aromatic N) is 3. The number of ether oxygens (including phenoxy) is 1. The lowest BCUT2D eigenvalue weighted by Crippen LogP contribution is -2.45. The summed E-state index contributed by atoms with van der Waals surface area (Å²) in [6, 6.07) is 3.52. The summed E-state index contributed by atoms with van der Waals surface area (Å²) < 4.78 is 52.5. The van der Waals surface area contributed by atoms with Gasteiger partial charge in [0, 0.05) is 12.0 Å². The summed E-state index contributed by atoms with van der Waals surface area (Å²) in [6.07, 6.45) is -0.211. The fourth-order valence-corrected chi connectivity index (χ4v) is 3.34. The fraction of sp³-hybridized carbons (Fsp3) is 0.375. The number of carbonyl (C=O) groups excluding carboxylic acids is 1. The number of aliphatic imine (C=N–C) groups is 1. The number of alkyl halides is 2. The van der Waals surface area contributed by atoms with Crippen molar-refractivity contribution >= 4 is 34.8 Å². The highest BCUT2D eigenvalue weighted by molar-refractivity contribution is 7.10. The minimum absolute atomic E-state index is 0.0856. The van der Waals surface area contributed by atoms with Crippen LogP contribution in [0, 0.1) is 5.82 Å². The molecule has 27 heavy (non-hydrogen) atoms. The maximum atomic E-state index is 14.7. The standard InChI is InChI=1S/C16H14ClF3N4O2S/c1-15(16(19,20)7-26-6-12(21)23-15)9-4-8(2-3-10(9)18)5-11(25)13-22-14(17)27-24-13/h2-4H,5-7H2,1H3,(H2,21,23)/t15-/m1/s1. The van der Waals surface area contributed by atoms with Crippen molar-refractivity contribution in [1.29, 1.82) is 0 Å². The van der Waals surface area contributed by atoms with Crippen LogP contribution >= 0.6 is 23.1 Å². The first-order valence-corrected chi connectivity index (χ1v) is 8.88.